The second kappa shape index (κ2) is 6.10. The van der Waals surface area contributed by atoms with Crippen LogP contribution in [-0.2, 0) is 11.2 Å². The van der Waals surface area contributed by atoms with Crippen molar-refractivity contribution < 1.29 is 18.7 Å². The fourth-order valence-electron chi connectivity index (χ4n) is 1.80. The van der Waals surface area contributed by atoms with E-state index in [4.69, 9.17) is 0 Å². The quantitative estimate of drug-likeness (QED) is 0.891. The van der Waals surface area contributed by atoms with E-state index in [0.29, 0.717) is 6.54 Å². The highest BCUT2D eigenvalue weighted by atomic mass is 19.2. The molecule has 0 aliphatic heterocycles. The summed E-state index contributed by atoms with van der Waals surface area (Å²) in [7, 11) is 0. The van der Waals surface area contributed by atoms with Gasteiger partial charge in [0.1, 0.15) is 0 Å². The Morgan fingerprint density at radius 2 is 2.00 bits per heavy atom. The van der Waals surface area contributed by atoms with Crippen LogP contribution in [0.5, 0.6) is 0 Å². The number of carbonyl (C=O) groups is 1. The number of rotatable bonds is 5. The zero-order chi connectivity index (χ0) is 14.6. The van der Waals surface area contributed by atoms with E-state index >= 15 is 0 Å². The van der Waals surface area contributed by atoms with Gasteiger partial charge in [0.15, 0.2) is 11.6 Å². The van der Waals surface area contributed by atoms with Gasteiger partial charge in [-0.3, -0.25) is 4.79 Å². The Kier molecular flexibility index (Phi) is 5.00. The lowest BCUT2D eigenvalue weighted by Gasteiger charge is -2.28. The number of hydrogen-bond acceptors (Lipinski definition) is 2. The van der Waals surface area contributed by atoms with E-state index in [1.807, 2.05) is 0 Å². The third-order valence-corrected chi connectivity index (χ3v) is 2.69. The lowest BCUT2D eigenvalue weighted by Crippen LogP contribution is -2.42. The summed E-state index contributed by atoms with van der Waals surface area (Å²) in [6.07, 6.45) is -0.215. The first kappa shape index (κ1) is 15.6. The summed E-state index contributed by atoms with van der Waals surface area (Å²) in [4.78, 5) is 13.4. The number of hydrogen-bond donors (Lipinski definition) is 1. The van der Waals surface area contributed by atoms with Crippen LogP contribution in [0.15, 0.2) is 18.2 Å². The summed E-state index contributed by atoms with van der Waals surface area (Å²) in [5.74, 6) is -2.29. The van der Waals surface area contributed by atoms with Crippen molar-refractivity contribution in [3.63, 3.8) is 0 Å². The second-order valence-corrected chi connectivity index (χ2v) is 5.11. The molecule has 0 spiro atoms. The van der Waals surface area contributed by atoms with E-state index < -0.39 is 17.2 Å². The number of amides is 1. The van der Waals surface area contributed by atoms with Crippen molar-refractivity contribution in [3.8, 4) is 0 Å². The Morgan fingerprint density at radius 1 is 1.37 bits per heavy atom. The van der Waals surface area contributed by atoms with Gasteiger partial charge in [-0.15, -0.1) is 0 Å². The molecule has 5 heteroatoms. The Hall–Kier alpha value is -1.49. The average molecular weight is 271 g/mol. The van der Waals surface area contributed by atoms with Crippen molar-refractivity contribution in [2.45, 2.75) is 32.8 Å². The minimum atomic E-state index is -1.02. The third kappa shape index (κ3) is 4.59. The normalized spacial score (nSPS) is 11.5. The Balaban J connectivity index is 2.80. The largest absolute Gasteiger partial charge is 0.389 e. The van der Waals surface area contributed by atoms with Crippen molar-refractivity contribution >= 4 is 5.91 Å². The van der Waals surface area contributed by atoms with Crippen molar-refractivity contribution in [1.29, 1.82) is 0 Å². The van der Waals surface area contributed by atoms with Crippen molar-refractivity contribution in [1.82, 2.24) is 4.90 Å². The standard InChI is InChI=1S/C14H19F2NO2/c1-4-17(9-14(2,3)19)12(18)8-10-6-5-7-11(15)13(10)16/h5-7,19H,4,8-9H2,1-3H3. The van der Waals surface area contributed by atoms with Crippen LogP contribution < -0.4 is 0 Å². The maximum Gasteiger partial charge on any atom is 0.227 e. The highest BCUT2D eigenvalue weighted by Gasteiger charge is 2.22. The number of nitrogens with zero attached hydrogens (tertiary/aromatic N) is 1. The van der Waals surface area contributed by atoms with E-state index in [1.54, 1.807) is 20.8 Å². The van der Waals surface area contributed by atoms with E-state index in [2.05, 4.69) is 0 Å². The average Bonchev–Trinajstić information content (AvgIpc) is 2.30. The molecule has 0 fully saturated rings. The molecule has 19 heavy (non-hydrogen) atoms. The van der Waals surface area contributed by atoms with Crippen LogP contribution in [0.4, 0.5) is 8.78 Å². The lowest BCUT2D eigenvalue weighted by molar-refractivity contribution is -0.133. The smallest absolute Gasteiger partial charge is 0.227 e. The zero-order valence-electron chi connectivity index (χ0n) is 11.4. The summed E-state index contributed by atoms with van der Waals surface area (Å²) < 4.78 is 26.5. The van der Waals surface area contributed by atoms with Crippen LogP contribution in [0.25, 0.3) is 0 Å². The molecular formula is C14H19F2NO2. The van der Waals surface area contributed by atoms with E-state index in [9.17, 15) is 18.7 Å². The van der Waals surface area contributed by atoms with Crippen molar-refractivity contribution in [2.75, 3.05) is 13.1 Å². The summed E-state index contributed by atoms with van der Waals surface area (Å²) in [6, 6.07) is 3.76. The first-order chi connectivity index (χ1) is 8.74. The molecule has 1 aromatic rings. The minimum Gasteiger partial charge on any atom is -0.389 e. The number of halogens is 2. The molecule has 3 nitrogen and oxygen atoms in total. The number of benzene rings is 1. The molecule has 1 amide bonds. The molecule has 0 radical (unpaired) electrons. The van der Waals surface area contributed by atoms with E-state index in [0.717, 1.165) is 6.07 Å². The molecule has 0 aliphatic carbocycles. The molecule has 0 bridgehead atoms. The SMILES string of the molecule is CCN(CC(C)(C)O)C(=O)Cc1cccc(F)c1F. The number of carbonyl (C=O) groups excluding carboxylic acids is 1. The maximum absolute atomic E-state index is 13.5. The van der Waals surface area contributed by atoms with Gasteiger partial charge in [0, 0.05) is 18.7 Å². The lowest BCUT2D eigenvalue weighted by atomic mass is 10.1. The van der Waals surface area contributed by atoms with Gasteiger partial charge in [0.2, 0.25) is 5.91 Å². The maximum atomic E-state index is 13.5. The number of likely N-dealkylation sites (N-methyl/N-ethyl adjacent to an activating group) is 1. The Labute approximate surface area is 111 Å². The van der Waals surface area contributed by atoms with Gasteiger partial charge < -0.3 is 10.0 Å². The Morgan fingerprint density at radius 3 is 2.53 bits per heavy atom. The fourth-order valence-corrected chi connectivity index (χ4v) is 1.80. The first-order valence-electron chi connectivity index (χ1n) is 6.17. The van der Waals surface area contributed by atoms with Crippen LogP contribution in [0.2, 0.25) is 0 Å². The topological polar surface area (TPSA) is 40.5 Å². The highest BCUT2D eigenvalue weighted by molar-refractivity contribution is 5.78. The van der Waals surface area contributed by atoms with Crippen molar-refractivity contribution in [2.24, 2.45) is 0 Å². The van der Waals surface area contributed by atoms with Crippen LogP contribution in [0.3, 0.4) is 0 Å². The summed E-state index contributed by atoms with van der Waals surface area (Å²) >= 11 is 0. The molecule has 0 unspecified atom stereocenters. The molecule has 1 N–H and O–H groups in total. The van der Waals surface area contributed by atoms with Crippen LogP contribution in [0, 0.1) is 11.6 Å². The van der Waals surface area contributed by atoms with Crippen molar-refractivity contribution in [3.05, 3.63) is 35.4 Å². The molecule has 1 aromatic carbocycles. The second-order valence-electron chi connectivity index (χ2n) is 5.11. The van der Waals surface area contributed by atoms with Gasteiger partial charge >= 0.3 is 0 Å². The van der Waals surface area contributed by atoms with Gasteiger partial charge in [0.05, 0.1) is 12.0 Å². The predicted molar refractivity (Wildman–Crippen MR) is 68.6 cm³/mol. The minimum absolute atomic E-state index is 0.0270. The molecule has 0 aromatic heterocycles. The van der Waals surface area contributed by atoms with Gasteiger partial charge in [-0.25, -0.2) is 8.78 Å². The molecule has 1 rings (SSSR count). The van der Waals surface area contributed by atoms with Gasteiger partial charge in [-0.2, -0.15) is 0 Å². The van der Waals surface area contributed by atoms with Gasteiger partial charge in [-0.05, 0) is 26.8 Å². The van der Waals surface area contributed by atoms with Gasteiger partial charge in [-0.1, -0.05) is 12.1 Å². The van der Waals surface area contributed by atoms with Crippen LogP contribution in [0.1, 0.15) is 26.3 Å². The molecule has 0 heterocycles. The van der Waals surface area contributed by atoms with Crippen LogP contribution in [-0.4, -0.2) is 34.6 Å². The molecule has 106 valence electrons. The summed E-state index contributed by atoms with van der Waals surface area (Å²) in [5, 5.41) is 9.70. The first-order valence-corrected chi connectivity index (χ1v) is 6.17. The highest BCUT2D eigenvalue weighted by Crippen LogP contribution is 2.14. The molecule has 0 aliphatic rings. The summed E-state index contributed by atoms with van der Waals surface area (Å²) in [5.41, 5.74) is -0.995. The summed E-state index contributed by atoms with van der Waals surface area (Å²) in [6.45, 7) is 5.50. The van der Waals surface area contributed by atoms with E-state index in [-0.39, 0.29) is 24.4 Å². The third-order valence-electron chi connectivity index (χ3n) is 2.69. The molecule has 0 saturated heterocycles. The predicted octanol–water partition coefficient (Wildman–Crippen LogP) is 2.13. The van der Waals surface area contributed by atoms with E-state index in [1.165, 1.54) is 17.0 Å². The van der Waals surface area contributed by atoms with Crippen LogP contribution >= 0.6 is 0 Å². The molecular weight excluding hydrogens is 252 g/mol. The molecule has 0 saturated carbocycles. The monoisotopic (exact) mass is 271 g/mol. The number of aliphatic hydroxyl groups is 1. The zero-order valence-corrected chi connectivity index (χ0v) is 11.4. The Bertz CT molecular complexity index is 455. The van der Waals surface area contributed by atoms with Gasteiger partial charge in [0.25, 0.3) is 0 Å². The molecule has 0 atom stereocenters. The fraction of sp³-hybridized carbons (Fsp3) is 0.500.